The lowest BCUT2D eigenvalue weighted by Gasteiger charge is -2.48. The zero-order valence-electron chi connectivity index (χ0n) is 18.3. The van der Waals surface area contributed by atoms with Crippen LogP contribution in [0.2, 0.25) is 0 Å². The zero-order valence-corrected chi connectivity index (χ0v) is 18.3. The summed E-state index contributed by atoms with van der Waals surface area (Å²) in [6.45, 7) is 2.83. The maximum Gasteiger partial charge on any atom is 0.253 e. The van der Waals surface area contributed by atoms with Crippen LogP contribution in [0, 0.1) is 11.6 Å². The summed E-state index contributed by atoms with van der Waals surface area (Å²) >= 11 is 0. The predicted octanol–water partition coefficient (Wildman–Crippen LogP) is 4.78. The number of carbonyl (C=O) groups is 1. The third-order valence-electron chi connectivity index (χ3n) is 7.26. The fourth-order valence-electron chi connectivity index (χ4n) is 5.32. The fraction of sp³-hybridized carbons (Fsp3) is 0.500. The molecule has 2 saturated heterocycles. The first-order chi connectivity index (χ1) is 15.5. The average Bonchev–Trinajstić information content (AvgIpc) is 3.64. The van der Waals surface area contributed by atoms with Gasteiger partial charge in [0.2, 0.25) is 0 Å². The first-order valence-electron chi connectivity index (χ1n) is 11.7. The van der Waals surface area contributed by atoms with Crippen LogP contribution in [0.25, 0.3) is 0 Å². The third-order valence-corrected chi connectivity index (χ3v) is 7.26. The van der Waals surface area contributed by atoms with E-state index in [0.29, 0.717) is 30.7 Å². The highest BCUT2D eigenvalue weighted by molar-refractivity contribution is 5.94. The van der Waals surface area contributed by atoms with Crippen molar-refractivity contribution >= 4 is 5.91 Å². The zero-order chi connectivity index (χ0) is 22.1. The molecule has 3 aliphatic rings. The molecule has 32 heavy (non-hydrogen) atoms. The van der Waals surface area contributed by atoms with E-state index in [1.807, 2.05) is 17.0 Å². The lowest BCUT2D eigenvalue weighted by atomic mass is 9.81. The maximum atomic E-state index is 13.5. The van der Waals surface area contributed by atoms with Crippen molar-refractivity contribution < 1.29 is 18.3 Å². The molecule has 0 radical (unpaired) electrons. The first kappa shape index (κ1) is 21.5. The van der Waals surface area contributed by atoms with Crippen LogP contribution in [0.15, 0.2) is 48.5 Å². The van der Waals surface area contributed by atoms with Gasteiger partial charge in [-0.2, -0.15) is 0 Å². The number of hydrogen-bond donors (Lipinski definition) is 0. The van der Waals surface area contributed by atoms with Crippen molar-refractivity contribution in [3.05, 3.63) is 71.3 Å². The fourth-order valence-corrected chi connectivity index (χ4v) is 5.32. The standard InChI is InChI=1S/C26H30F2N2O2/c27-21-6-4-19(5-7-21)18-30(23-8-9-23)24-10-15-32-26(17-24)11-13-29(14-12-26)25(31)20-2-1-3-22(28)16-20/h1-7,16,23-24H,8-15,17-18H2. The van der Waals surface area contributed by atoms with Crippen LogP contribution < -0.4 is 0 Å². The number of halogens is 2. The number of carbonyl (C=O) groups excluding carboxylic acids is 1. The number of piperidine rings is 1. The largest absolute Gasteiger partial charge is 0.375 e. The van der Waals surface area contributed by atoms with Gasteiger partial charge in [0.25, 0.3) is 5.91 Å². The van der Waals surface area contributed by atoms with Gasteiger partial charge in [-0.3, -0.25) is 9.69 Å². The summed E-state index contributed by atoms with van der Waals surface area (Å²) in [5.74, 6) is -0.692. The van der Waals surface area contributed by atoms with Crippen LogP contribution in [0.5, 0.6) is 0 Å². The van der Waals surface area contributed by atoms with Crippen molar-refractivity contribution in [1.29, 1.82) is 0 Å². The summed E-state index contributed by atoms with van der Waals surface area (Å²) in [5, 5.41) is 0. The first-order valence-corrected chi connectivity index (χ1v) is 11.7. The monoisotopic (exact) mass is 440 g/mol. The highest BCUT2D eigenvalue weighted by Crippen LogP contribution is 2.40. The van der Waals surface area contributed by atoms with Crippen molar-refractivity contribution in [2.24, 2.45) is 0 Å². The summed E-state index contributed by atoms with van der Waals surface area (Å²) in [4.78, 5) is 17.2. The smallest absolute Gasteiger partial charge is 0.253 e. The van der Waals surface area contributed by atoms with E-state index in [1.165, 1.54) is 37.1 Å². The molecular formula is C26H30F2N2O2. The summed E-state index contributed by atoms with van der Waals surface area (Å²) in [5.41, 5.74) is 1.36. The van der Waals surface area contributed by atoms with Gasteiger partial charge in [-0.1, -0.05) is 18.2 Å². The highest BCUT2D eigenvalue weighted by Gasteiger charge is 2.45. The molecule has 0 bridgehead atoms. The SMILES string of the molecule is O=C(c1cccc(F)c1)N1CCC2(CC1)CC(N(Cc1ccc(F)cc1)C1CC1)CCO2. The molecule has 6 heteroatoms. The third kappa shape index (κ3) is 4.71. The van der Waals surface area contributed by atoms with Crippen molar-refractivity contribution in [1.82, 2.24) is 9.80 Å². The van der Waals surface area contributed by atoms with Crippen LogP contribution in [0.3, 0.4) is 0 Å². The minimum Gasteiger partial charge on any atom is -0.375 e. The molecule has 4 nitrogen and oxygen atoms in total. The quantitative estimate of drug-likeness (QED) is 0.671. The Kier molecular flexibility index (Phi) is 5.99. The van der Waals surface area contributed by atoms with Gasteiger partial charge in [0, 0.05) is 43.9 Å². The second-order valence-corrected chi connectivity index (χ2v) is 9.51. The van der Waals surface area contributed by atoms with E-state index in [0.717, 1.165) is 44.4 Å². The number of rotatable bonds is 5. The number of nitrogens with zero attached hydrogens (tertiary/aromatic N) is 2. The van der Waals surface area contributed by atoms with E-state index in [-0.39, 0.29) is 23.1 Å². The predicted molar refractivity (Wildman–Crippen MR) is 118 cm³/mol. The maximum absolute atomic E-state index is 13.5. The number of benzene rings is 2. The van der Waals surface area contributed by atoms with Crippen LogP contribution in [-0.4, -0.2) is 53.1 Å². The molecule has 1 spiro atoms. The molecule has 1 saturated carbocycles. The summed E-state index contributed by atoms with van der Waals surface area (Å²) in [7, 11) is 0. The normalized spacial score (nSPS) is 23.0. The number of ether oxygens (including phenoxy) is 1. The van der Waals surface area contributed by atoms with Gasteiger partial charge >= 0.3 is 0 Å². The molecule has 1 unspecified atom stereocenters. The van der Waals surface area contributed by atoms with Gasteiger partial charge in [-0.25, -0.2) is 8.78 Å². The summed E-state index contributed by atoms with van der Waals surface area (Å²) < 4.78 is 33.2. The average molecular weight is 441 g/mol. The Hall–Kier alpha value is -2.31. The summed E-state index contributed by atoms with van der Waals surface area (Å²) in [6, 6.07) is 13.8. The van der Waals surface area contributed by atoms with Crippen LogP contribution in [-0.2, 0) is 11.3 Å². The molecule has 3 fully saturated rings. The number of hydrogen-bond acceptors (Lipinski definition) is 3. The van der Waals surface area contributed by atoms with Crippen molar-refractivity contribution in [3.63, 3.8) is 0 Å². The van der Waals surface area contributed by atoms with Gasteiger partial charge in [0.15, 0.2) is 0 Å². The Morgan fingerprint density at radius 2 is 1.75 bits per heavy atom. The Morgan fingerprint density at radius 3 is 2.44 bits per heavy atom. The minimum atomic E-state index is -0.385. The molecule has 0 N–H and O–H groups in total. The Balaban J connectivity index is 1.23. The van der Waals surface area contributed by atoms with Crippen molar-refractivity contribution in [2.75, 3.05) is 19.7 Å². The summed E-state index contributed by atoms with van der Waals surface area (Å²) in [6.07, 6.45) is 6.03. The number of amides is 1. The molecule has 2 heterocycles. The van der Waals surface area contributed by atoms with E-state index >= 15 is 0 Å². The molecule has 1 atom stereocenters. The van der Waals surface area contributed by atoms with Gasteiger partial charge in [0.1, 0.15) is 11.6 Å². The Morgan fingerprint density at radius 1 is 1.00 bits per heavy atom. The van der Waals surface area contributed by atoms with Crippen LogP contribution in [0.4, 0.5) is 8.78 Å². The van der Waals surface area contributed by atoms with Gasteiger partial charge in [0.05, 0.1) is 5.60 Å². The topological polar surface area (TPSA) is 32.8 Å². The lowest BCUT2D eigenvalue weighted by molar-refractivity contribution is -0.131. The van der Waals surface area contributed by atoms with Crippen molar-refractivity contribution in [2.45, 2.75) is 62.8 Å². The Labute approximate surface area is 188 Å². The van der Waals surface area contributed by atoms with Crippen LogP contribution >= 0.6 is 0 Å². The molecule has 5 rings (SSSR count). The Bertz CT molecular complexity index is 953. The van der Waals surface area contributed by atoms with E-state index in [4.69, 9.17) is 4.74 Å². The molecule has 2 aromatic rings. The van der Waals surface area contributed by atoms with Crippen LogP contribution in [0.1, 0.15) is 54.4 Å². The highest BCUT2D eigenvalue weighted by atomic mass is 19.1. The van der Waals surface area contributed by atoms with Gasteiger partial charge in [-0.05, 0) is 74.4 Å². The lowest BCUT2D eigenvalue weighted by Crippen LogP contribution is -2.54. The van der Waals surface area contributed by atoms with E-state index in [2.05, 4.69) is 4.90 Å². The van der Waals surface area contributed by atoms with E-state index in [9.17, 15) is 13.6 Å². The minimum absolute atomic E-state index is 0.109. The van der Waals surface area contributed by atoms with Gasteiger partial charge < -0.3 is 9.64 Å². The van der Waals surface area contributed by atoms with E-state index < -0.39 is 0 Å². The molecule has 1 amide bonds. The van der Waals surface area contributed by atoms with Gasteiger partial charge in [-0.15, -0.1) is 0 Å². The molecule has 0 aromatic heterocycles. The van der Waals surface area contributed by atoms with Crippen molar-refractivity contribution in [3.8, 4) is 0 Å². The molecule has 2 aliphatic heterocycles. The van der Waals surface area contributed by atoms with E-state index in [1.54, 1.807) is 12.1 Å². The molecular weight excluding hydrogens is 410 g/mol. The second-order valence-electron chi connectivity index (χ2n) is 9.51. The molecule has 170 valence electrons. The second kappa shape index (κ2) is 8.91. The number of likely N-dealkylation sites (tertiary alicyclic amines) is 1. The molecule has 1 aliphatic carbocycles. The molecule has 2 aromatic carbocycles.